The highest BCUT2D eigenvalue weighted by atomic mass is 28.4. The minimum atomic E-state index is -2.06. The molecule has 3 nitrogen and oxygen atoms in total. The standard InChI is InChI=1S/C27H37NO2Si/c1-16(2)31(17(3)4,18(5)6)30-24-15-19(7)14-22-20-10-11-23-21(25(20)28-26(22)24)12-13-27(8,9)29-23/h10-18,28H,1-9H3. The normalized spacial score (nSPS) is 15.9. The first-order valence-electron chi connectivity index (χ1n) is 11.6. The number of aromatic nitrogens is 1. The lowest BCUT2D eigenvalue weighted by Gasteiger charge is -2.42. The van der Waals surface area contributed by atoms with Gasteiger partial charge in [0.1, 0.15) is 17.1 Å². The number of fused-ring (bicyclic) bond motifs is 5. The zero-order valence-electron chi connectivity index (χ0n) is 20.5. The summed E-state index contributed by atoms with van der Waals surface area (Å²) >= 11 is 0. The van der Waals surface area contributed by atoms with Crippen molar-refractivity contribution in [3.05, 3.63) is 41.5 Å². The Morgan fingerprint density at radius 1 is 0.903 bits per heavy atom. The molecule has 2 heterocycles. The molecule has 166 valence electrons. The fourth-order valence-electron chi connectivity index (χ4n) is 5.66. The third-order valence-corrected chi connectivity index (χ3v) is 13.0. The first kappa shape index (κ1) is 22.0. The summed E-state index contributed by atoms with van der Waals surface area (Å²) in [5.74, 6) is 1.93. The van der Waals surface area contributed by atoms with Gasteiger partial charge in [0.25, 0.3) is 8.32 Å². The molecule has 4 rings (SSSR count). The number of hydrogen-bond donors (Lipinski definition) is 1. The van der Waals surface area contributed by atoms with Crippen LogP contribution in [0.5, 0.6) is 11.5 Å². The summed E-state index contributed by atoms with van der Waals surface area (Å²) < 4.78 is 13.4. The zero-order chi connectivity index (χ0) is 22.7. The van der Waals surface area contributed by atoms with Crippen molar-refractivity contribution >= 4 is 36.2 Å². The Morgan fingerprint density at radius 2 is 1.55 bits per heavy atom. The van der Waals surface area contributed by atoms with Crippen LogP contribution in [0.25, 0.3) is 27.9 Å². The van der Waals surface area contributed by atoms with Gasteiger partial charge >= 0.3 is 0 Å². The van der Waals surface area contributed by atoms with Crippen LogP contribution in [-0.2, 0) is 0 Å². The maximum absolute atomic E-state index is 7.15. The second-order valence-corrected chi connectivity index (χ2v) is 16.0. The van der Waals surface area contributed by atoms with Gasteiger partial charge in [-0.15, -0.1) is 0 Å². The van der Waals surface area contributed by atoms with E-state index in [-0.39, 0.29) is 5.60 Å². The molecule has 0 saturated carbocycles. The molecule has 0 aliphatic carbocycles. The van der Waals surface area contributed by atoms with E-state index in [1.165, 1.54) is 16.3 Å². The third-order valence-electron chi connectivity index (χ3n) is 7.01. The highest BCUT2D eigenvalue weighted by Gasteiger charge is 2.47. The Hall–Kier alpha value is -2.20. The van der Waals surface area contributed by atoms with Crippen LogP contribution < -0.4 is 9.16 Å². The minimum absolute atomic E-state index is 0.283. The zero-order valence-corrected chi connectivity index (χ0v) is 21.5. The molecule has 1 N–H and O–H groups in total. The quantitative estimate of drug-likeness (QED) is 0.408. The topological polar surface area (TPSA) is 34.2 Å². The molecular weight excluding hydrogens is 398 g/mol. The van der Waals surface area contributed by atoms with E-state index in [1.54, 1.807) is 0 Å². The molecule has 4 heteroatoms. The van der Waals surface area contributed by atoms with Crippen LogP contribution in [0.2, 0.25) is 16.6 Å². The van der Waals surface area contributed by atoms with Crippen LogP contribution in [0.3, 0.4) is 0 Å². The molecule has 0 bridgehead atoms. The fraction of sp³-hybridized carbons (Fsp3) is 0.481. The van der Waals surface area contributed by atoms with Gasteiger partial charge in [-0.3, -0.25) is 0 Å². The highest BCUT2D eigenvalue weighted by Crippen LogP contribution is 2.46. The molecule has 0 radical (unpaired) electrons. The largest absolute Gasteiger partial charge is 0.541 e. The van der Waals surface area contributed by atoms with Gasteiger partial charge in [0.05, 0.1) is 11.0 Å². The van der Waals surface area contributed by atoms with Gasteiger partial charge in [-0.25, -0.2) is 0 Å². The summed E-state index contributed by atoms with van der Waals surface area (Å²) in [6.45, 7) is 20.4. The van der Waals surface area contributed by atoms with E-state index < -0.39 is 8.32 Å². The summed E-state index contributed by atoms with van der Waals surface area (Å²) in [4.78, 5) is 3.73. The number of rotatable bonds is 5. The summed E-state index contributed by atoms with van der Waals surface area (Å²) in [7, 11) is -2.06. The molecule has 3 aromatic rings. The van der Waals surface area contributed by atoms with Crippen molar-refractivity contribution in [2.75, 3.05) is 0 Å². The maximum atomic E-state index is 7.15. The Labute approximate surface area is 188 Å². The average Bonchev–Trinajstić information content (AvgIpc) is 3.02. The van der Waals surface area contributed by atoms with E-state index >= 15 is 0 Å². The van der Waals surface area contributed by atoms with Gasteiger partial charge < -0.3 is 14.1 Å². The summed E-state index contributed by atoms with van der Waals surface area (Å²) in [5, 5.41) is 2.45. The number of H-pyrrole nitrogens is 1. The number of aromatic amines is 1. The molecule has 0 unspecified atom stereocenters. The van der Waals surface area contributed by atoms with Crippen LogP contribution in [0.1, 0.15) is 66.5 Å². The second-order valence-electron chi connectivity index (χ2n) is 10.7. The van der Waals surface area contributed by atoms with Gasteiger partial charge in [-0.2, -0.15) is 0 Å². The monoisotopic (exact) mass is 435 g/mol. The van der Waals surface area contributed by atoms with Gasteiger partial charge in [0.2, 0.25) is 0 Å². The van der Waals surface area contributed by atoms with Crippen molar-refractivity contribution in [3.63, 3.8) is 0 Å². The van der Waals surface area contributed by atoms with Crippen molar-refractivity contribution in [1.29, 1.82) is 0 Å². The molecule has 1 aliphatic heterocycles. The summed E-state index contributed by atoms with van der Waals surface area (Å²) in [5.41, 5.74) is 5.88. The predicted octanol–water partition coefficient (Wildman–Crippen LogP) is 8.37. The van der Waals surface area contributed by atoms with Crippen molar-refractivity contribution in [3.8, 4) is 11.5 Å². The third kappa shape index (κ3) is 3.49. The van der Waals surface area contributed by atoms with Gasteiger partial charge in [0.15, 0.2) is 0 Å². The molecule has 0 atom stereocenters. The van der Waals surface area contributed by atoms with E-state index in [1.807, 2.05) is 0 Å². The SMILES string of the molecule is Cc1cc(O[Si](C(C)C)(C(C)C)C(C)C)c2[nH]c3c4c(ccc3c2c1)OC(C)(C)C=C4. The number of aryl methyl sites for hydroxylation is 1. The lowest BCUT2D eigenvalue weighted by atomic mass is 10.00. The lowest BCUT2D eigenvalue weighted by Crippen LogP contribution is -2.50. The summed E-state index contributed by atoms with van der Waals surface area (Å²) in [6.07, 6.45) is 4.33. The van der Waals surface area contributed by atoms with Crippen molar-refractivity contribution in [1.82, 2.24) is 4.98 Å². The highest BCUT2D eigenvalue weighted by molar-refractivity contribution is 6.78. The molecular formula is C27H37NO2Si. The van der Waals surface area contributed by atoms with E-state index in [4.69, 9.17) is 9.16 Å². The number of benzene rings is 2. The number of hydrogen-bond acceptors (Lipinski definition) is 2. The van der Waals surface area contributed by atoms with Crippen LogP contribution in [0.15, 0.2) is 30.3 Å². The van der Waals surface area contributed by atoms with Crippen molar-refractivity contribution in [2.45, 2.75) is 84.5 Å². The number of nitrogens with one attached hydrogen (secondary N) is 1. The van der Waals surface area contributed by atoms with E-state index in [0.717, 1.165) is 28.1 Å². The van der Waals surface area contributed by atoms with Crippen LogP contribution >= 0.6 is 0 Å². The average molecular weight is 436 g/mol. The molecule has 0 fully saturated rings. The minimum Gasteiger partial charge on any atom is -0.541 e. The van der Waals surface area contributed by atoms with Crippen LogP contribution in [0, 0.1) is 6.92 Å². The first-order chi connectivity index (χ1) is 14.5. The Bertz CT molecular complexity index is 1150. The molecule has 1 aromatic heterocycles. The molecule has 0 spiro atoms. The second kappa shape index (κ2) is 7.44. The van der Waals surface area contributed by atoms with E-state index in [0.29, 0.717) is 16.6 Å². The smallest absolute Gasteiger partial charge is 0.258 e. The maximum Gasteiger partial charge on any atom is 0.258 e. The first-order valence-corrected chi connectivity index (χ1v) is 13.8. The molecule has 31 heavy (non-hydrogen) atoms. The Morgan fingerprint density at radius 3 is 2.16 bits per heavy atom. The summed E-state index contributed by atoms with van der Waals surface area (Å²) in [6, 6.07) is 8.78. The van der Waals surface area contributed by atoms with Gasteiger partial charge in [0, 0.05) is 16.3 Å². The molecule has 2 aromatic carbocycles. The number of ether oxygens (including phenoxy) is 1. The van der Waals surface area contributed by atoms with Gasteiger partial charge in [-0.05, 0) is 79.4 Å². The molecule has 0 saturated heterocycles. The van der Waals surface area contributed by atoms with Crippen molar-refractivity contribution in [2.24, 2.45) is 0 Å². The van der Waals surface area contributed by atoms with E-state index in [2.05, 4.69) is 104 Å². The predicted molar refractivity (Wildman–Crippen MR) is 136 cm³/mol. The lowest BCUT2D eigenvalue weighted by molar-refractivity contribution is 0.159. The van der Waals surface area contributed by atoms with Crippen molar-refractivity contribution < 1.29 is 9.16 Å². The van der Waals surface area contributed by atoms with E-state index in [9.17, 15) is 0 Å². The molecule has 0 amide bonds. The fourth-order valence-corrected chi connectivity index (χ4v) is 10.9. The Kier molecular flexibility index (Phi) is 5.28. The van der Waals surface area contributed by atoms with Crippen LogP contribution in [-0.4, -0.2) is 18.9 Å². The Balaban J connectivity index is 1.95. The van der Waals surface area contributed by atoms with Gasteiger partial charge in [-0.1, -0.05) is 41.5 Å². The molecule has 1 aliphatic rings. The van der Waals surface area contributed by atoms with Crippen LogP contribution in [0.4, 0.5) is 0 Å².